The highest BCUT2D eigenvalue weighted by atomic mass is 16.5. The van der Waals surface area contributed by atoms with Crippen molar-refractivity contribution in [1.82, 2.24) is 5.32 Å². The van der Waals surface area contributed by atoms with Crippen molar-refractivity contribution in [2.24, 2.45) is 0 Å². The lowest BCUT2D eigenvalue weighted by Crippen LogP contribution is -2.26. The minimum atomic E-state index is 0.449. The van der Waals surface area contributed by atoms with Gasteiger partial charge in [-0.1, -0.05) is 18.2 Å². The van der Waals surface area contributed by atoms with E-state index in [9.17, 15) is 0 Å². The molecule has 0 fully saturated rings. The summed E-state index contributed by atoms with van der Waals surface area (Å²) in [6.45, 7) is 3.78. The molecule has 0 spiro atoms. The molecular formula is C13H21NO2. The normalized spacial score (nSPS) is 12.4. The van der Waals surface area contributed by atoms with Gasteiger partial charge in [-0.25, -0.2) is 0 Å². The van der Waals surface area contributed by atoms with Gasteiger partial charge in [0, 0.05) is 31.9 Å². The monoisotopic (exact) mass is 223 g/mol. The molecular weight excluding hydrogens is 202 g/mol. The molecule has 3 nitrogen and oxygen atoms in total. The van der Waals surface area contributed by atoms with Crippen molar-refractivity contribution in [2.45, 2.75) is 25.9 Å². The summed E-state index contributed by atoms with van der Waals surface area (Å²) in [6, 6.07) is 8.52. The van der Waals surface area contributed by atoms with Gasteiger partial charge in [-0.3, -0.25) is 0 Å². The Hall–Kier alpha value is -1.06. The van der Waals surface area contributed by atoms with Crippen molar-refractivity contribution in [3.05, 3.63) is 29.8 Å². The molecule has 1 unspecified atom stereocenters. The first-order valence-corrected chi connectivity index (χ1v) is 5.62. The Morgan fingerprint density at radius 3 is 2.69 bits per heavy atom. The summed E-state index contributed by atoms with van der Waals surface area (Å²) in [4.78, 5) is 0. The van der Waals surface area contributed by atoms with Gasteiger partial charge < -0.3 is 14.8 Å². The molecule has 90 valence electrons. The van der Waals surface area contributed by atoms with Crippen LogP contribution < -0.4 is 10.1 Å². The molecule has 3 heteroatoms. The number of hydrogen-bond acceptors (Lipinski definition) is 3. The summed E-state index contributed by atoms with van der Waals surface area (Å²) in [5.74, 6) is 0.939. The fourth-order valence-electron chi connectivity index (χ4n) is 1.53. The number of ether oxygens (including phenoxy) is 2. The van der Waals surface area contributed by atoms with Gasteiger partial charge in [-0.15, -0.1) is 0 Å². The maximum atomic E-state index is 5.29. The predicted molar refractivity (Wildman–Crippen MR) is 65.8 cm³/mol. The number of methoxy groups -OCH3 is 2. The van der Waals surface area contributed by atoms with Crippen molar-refractivity contribution in [1.29, 1.82) is 0 Å². The van der Waals surface area contributed by atoms with Gasteiger partial charge in [0.25, 0.3) is 0 Å². The zero-order valence-corrected chi connectivity index (χ0v) is 10.3. The third-order valence-corrected chi connectivity index (χ3v) is 2.59. The Bertz CT molecular complexity index is 302. The molecule has 0 saturated heterocycles. The summed E-state index contributed by atoms with van der Waals surface area (Å²) in [5, 5.41) is 3.45. The second-order valence-corrected chi connectivity index (χ2v) is 3.88. The summed E-state index contributed by atoms with van der Waals surface area (Å²) in [5.41, 5.74) is 1.19. The van der Waals surface area contributed by atoms with Gasteiger partial charge in [0.05, 0.1) is 7.11 Å². The first-order valence-electron chi connectivity index (χ1n) is 5.62. The third kappa shape index (κ3) is 4.21. The lowest BCUT2D eigenvalue weighted by molar-refractivity contribution is 0.184. The highest BCUT2D eigenvalue weighted by Gasteiger charge is 2.04. The molecule has 0 aliphatic heterocycles. The second-order valence-electron chi connectivity index (χ2n) is 3.88. The molecule has 0 saturated carbocycles. The number of hydrogen-bond donors (Lipinski definition) is 1. The van der Waals surface area contributed by atoms with Crippen molar-refractivity contribution < 1.29 is 9.47 Å². The maximum Gasteiger partial charge on any atom is 0.123 e. The zero-order valence-electron chi connectivity index (χ0n) is 10.3. The first-order chi connectivity index (χ1) is 7.77. The third-order valence-electron chi connectivity index (χ3n) is 2.59. The van der Waals surface area contributed by atoms with Gasteiger partial charge in [0.1, 0.15) is 5.75 Å². The molecule has 0 heterocycles. The maximum absolute atomic E-state index is 5.29. The lowest BCUT2D eigenvalue weighted by atomic mass is 10.1. The van der Waals surface area contributed by atoms with Crippen LogP contribution in [0.3, 0.4) is 0 Å². The van der Waals surface area contributed by atoms with Crippen LogP contribution in [0.2, 0.25) is 0 Å². The summed E-state index contributed by atoms with van der Waals surface area (Å²) >= 11 is 0. The Kier molecular flexibility index (Phi) is 5.90. The molecule has 1 aromatic carbocycles. The van der Waals surface area contributed by atoms with Crippen molar-refractivity contribution in [3.8, 4) is 5.75 Å². The van der Waals surface area contributed by atoms with Crippen LogP contribution in [0.25, 0.3) is 0 Å². The Labute approximate surface area is 97.8 Å². The quantitative estimate of drug-likeness (QED) is 0.768. The van der Waals surface area contributed by atoms with Gasteiger partial charge in [0.15, 0.2) is 0 Å². The van der Waals surface area contributed by atoms with E-state index in [2.05, 4.69) is 18.3 Å². The predicted octanol–water partition coefficient (Wildman–Crippen LogP) is 2.21. The van der Waals surface area contributed by atoms with Crippen LogP contribution in [0.5, 0.6) is 5.75 Å². The number of rotatable bonds is 7. The Balaban J connectivity index is 2.41. The van der Waals surface area contributed by atoms with Crippen LogP contribution in [0, 0.1) is 0 Å². The molecule has 0 aromatic heterocycles. The van der Waals surface area contributed by atoms with E-state index < -0.39 is 0 Å². The average molecular weight is 223 g/mol. The number of nitrogens with one attached hydrogen (secondary N) is 1. The van der Waals surface area contributed by atoms with Gasteiger partial charge in [0.2, 0.25) is 0 Å². The van der Waals surface area contributed by atoms with E-state index in [1.54, 1.807) is 14.2 Å². The summed E-state index contributed by atoms with van der Waals surface area (Å²) < 4.78 is 10.3. The fraction of sp³-hybridized carbons (Fsp3) is 0.538. The fourth-order valence-corrected chi connectivity index (χ4v) is 1.53. The highest BCUT2D eigenvalue weighted by Crippen LogP contribution is 2.16. The van der Waals surface area contributed by atoms with Crippen LogP contribution in [-0.4, -0.2) is 26.9 Å². The molecule has 1 rings (SSSR count). The van der Waals surface area contributed by atoms with Crippen LogP contribution in [0.15, 0.2) is 24.3 Å². The van der Waals surface area contributed by atoms with E-state index in [-0.39, 0.29) is 0 Å². The molecule has 0 bridgehead atoms. The van der Waals surface area contributed by atoms with E-state index in [1.165, 1.54) is 5.56 Å². The topological polar surface area (TPSA) is 30.5 Å². The molecule has 16 heavy (non-hydrogen) atoms. The highest BCUT2D eigenvalue weighted by molar-refractivity contribution is 5.32. The molecule has 0 aliphatic rings. The van der Waals surface area contributed by atoms with Crippen LogP contribution in [0.4, 0.5) is 0 Å². The van der Waals surface area contributed by atoms with Gasteiger partial charge >= 0.3 is 0 Å². The van der Waals surface area contributed by atoms with E-state index in [4.69, 9.17) is 9.47 Å². The Morgan fingerprint density at radius 2 is 2.00 bits per heavy atom. The summed E-state index contributed by atoms with van der Waals surface area (Å²) in [7, 11) is 3.43. The SMILES string of the molecule is COCCC(C)NCc1ccccc1OC. The number of para-hydroxylation sites is 1. The largest absolute Gasteiger partial charge is 0.496 e. The van der Waals surface area contributed by atoms with E-state index >= 15 is 0 Å². The van der Waals surface area contributed by atoms with E-state index in [1.807, 2.05) is 18.2 Å². The molecule has 1 N–H and O–H groups in total. The molecule has 0 radical (unpaired) electrons. The minimum Gasteiger partial charge on any atom is -0.496 e. The molecule has 1 aromatic rings. The van der Waals surface area contributed by atoms with Gasteiger partial charge in [-0.2, -0.15) is 0 Å². The van der Waals surface area contributed by atoms with Crippen molar-refractivity contribution in [3.63, 3.8) is 0 Å². The van der Waals surface area contributed by atoms with Crippen LogP contribution in [-0.2, 0) is 11.3 Å². The van der Waals surface area contributed by atoms with Crippen LogP contribution >= 0.6 is 0 Å². The molecule has 0 amide bonds. The van der Waals surface area contributed by atoms with Crippen LogP contribution in [0.1, 0.15) is 18.9 Å². The molecule has 0 aliphatic carbocycles. The Morgan fingerprint density at radius 1 is 1.25 bits per heavy atom. The average Bonchev–Trinajstić information content (AvgIpc) is 2.34. The number of benzene rings is 1. The van der Waals surface area contributed by atoms with E-state index in [0.29, 0.717) is 6.04 Å². The van der Waals surface area contributed by atoms with E-state index in [0.717, 1.165) is 25.3 Å². The van der Waals surface area contributed by atoms with Crippen molar-refractivity contribution >= 4 is 0 Å². The summed E-state index contributed by atoms with van der Waals surface area (Å²) in [6.07, 6.45) is 1.02. The lowest BCUT2D eigenvalue weighted by Gasteiger charge is -2.14. The second kappa shape index (κ2) is 7.25. The first kappa shape index (κ1) is 13.0. The van der Waals surface area contributed by atoms with Gasteiger partial charge in [-0.05, 0) is 19.4 Å². The zero-order chi connectivity index (χ0) is 11.8. The smallest absolute Gasteiger partial charge is 0.123 e. The molecule has 1 atom stereocenters. The van der Waals surface area contributed by atoms with Crippen molar-refractivity contribution in [2.75, 3.05) is 20.8 Å². The standard InChI is InChI=1S/C13H21NO2/c1-11(8-9-15-2)14-10-12-6-4-5-7-13(12)16-3/h4-7,11,14H,8-10H2,1-3H3. The minimum absolute atomic E-state index is 0.449.